The molecule has 0 bridgehead atoms. The number of aromatic nitrogens is 2. The van der Waals surface area contributed by atoms with Crippen LogP contribution in [0.25, 0.3) is 22.2 Å². The van der Waals surface area contributed by atoms with Crippen LogP contribution in [0.3, 0.4) is 0 Å². The average Bonchev–Trinajstić information content (AvgIpc) is 3.15. The fraction of sp³-hybridized carbons (Fsp3) is 0.0500. The van der Waals surface area contributed by atoms with Gasteiger partial charge in [-0.25, -0.2) is 4.98 Å². The average molecular weight is 406 g/mol. The van der Waals surface area contributed by atoms with Gasteiger partial charge in [-0.05, 0) is 13.0 Å². The third-order valence-electron chi connectivity index (χ3n) is 4.42. The molecule has 29 heavy (non-hydrogen) atoms. The summed E-state index contributed by atoms with van der Waals surface area (Å²) in [5, 5.41) is 16.5. The van der Waals surface area contributed by atoms with Crippen LogP contribution in [-0.4, -0.2) is 20.8 Å². The van der Waals surface area contributed by atoms with Gasteiger partial charge in [0.05, 0.1) is 16.2 Å². The summed E-state index contributed by atoms with van der Waals surface area (Å²) in [4.78, 5) is 42.3. The van der Waals surface area contributed by atoms with Crippen molar-refractivity contribution in [1.29, 1.82) is 0 Å². The molecule has 2 aromatic carbocycles. The Morgan fingerprint density at radius 1 is 1.21 bits per heavy atom. The highest BCUT2D eigenvalue weighted by molar-refractivity contribution is 7.14. The Morgan fingerprint density at radius 2 is 2.00 bits per heavy atom. The number of hydrogen-bond donors (Lipinski definition) is 2. The molecule has 0 spiro atoms. The van der Waals surface area contributed by atoms with E-state index in [2.05, 4.69) is 15.3 Å². The minimum absolute atomic E-state index is 0.0102. The van der Waals surface area contributed by atoms with Crippen molar-refractivity contribution in [2.45, 2.75) is 6.92 Å². The Hall–Kier alpha value is -3.85. The number of benzene rings is 2. The van der Waals surface area contributed by atoms with Crippen molar-refractivity contribution in [1.82, 2.24) is 9.97 Å². The van der Waals surface area contributed by atoms with Crippen LogP contribution in [0.2, 0.25) is 0 Å². The number of nitro benzene ring substituents is 1. The molecule has 4 rings (SSSR count). The van der Waals surface area contributed by atoms with Crippen molar-refractivity contribution in [2.75, 3.05) is 5.32 Å². The maximum absolute atomic E-state index is 12.7. The molecule has 0 aliphatic heterocycles. The van der Waals surface area contributed by atoms with E-state index in [1.54, 1.807) is 48.7 Å². The van der Waals surface area contributed by atoms with E-state index in [1.165, 1.54) is 23.5 Å². The topological polar surface area (TPSA) is 118 Å². The highest BCUT2D eigenvalue weighted by Gasteiger charge is 2.16. The fourth-order valence-corrected chi connectivity index (χ4v) is 3.70. The number of aryl methyl sites for hydroxylation is 1. The first-order valence-electron chi connectivity index (χ1n) is 8.57. The van der Waals surface area contributed by atoms with Gasteiger partial charge in [0, 0.05) is 39.5 Å². The first-order valence-corrected chi connectivity index (χ1v) is 9.45. The monoisotopic (exact) mass is 406 g/mol. The highest BCUT2D eigenvalue weighted by atomic mass is 32.1. The van der Waals surface area contributed by atoms with Crippen LogP contribution in [0, 0.1) is 17.0 Å². The second-order valence-electron chi connectivity index (χ2n) is 6.34. The first-order chi connectivity index (χ1) is 13.9. The standard InChI is InChI=1S/C20H14N4O4S/c1-11-6-7-12(8-17(11)24(27)28)16-10-29-20(22-16)23-19(26)14-9-18(25)21-15-5-3-2-4-13(14)15/h2-10H,1H3,(H,21,25)(H,22,23,26). The minimum atomic E-state index is -0.455. The lowest BCUT2D eigenvalue weighted by molar-refractivity contribution is -0.385. The molecule has 0 saturated heterocycles. The number of carbonyl (C=O) groups excluding carboxylic acids is 1. The molecule has 2 heterocycles. The number of anilines is 1. The van der Waals surface area contributed by atoms with Crippen molar-refractivity contribution in [3.63, 3.8) is 0 Å². The Morgan fingerprint density at radius 3 is 2.79 bits per heavy atom. The maximum Gasteiger partial charge on any atom is 0.272 e. The predicted molar refractivity (Wildman–Crippen MR) is 111 cm³/mol. The van der Waals surface area contributed by atoms with E-state index < -0.39 is 10.8 Å². The van der Waals surface area contributed by atoms with E-state index in [0.29, 0.717) is 32.9 Å². The predicted octanol–water partition coefficient (Wildman–Crippen LogP) is 4.12. The van der Waals surface area contributed by atoms with Gasteiger partial charge in [-0.3, -0.25) is 25.0 Å². The number of H-pyrrole nitrogens is 1. The number of amides is 1. The minimum Gasteiger partial charge on any atom is -0.322 e. The van der Waals surface area contributed by atoms with Gasteiger partial charge in [0.2, 0.25) is 5.56 Å². The van der Waals surface area contributed by atoms with Crippen LogP contribution in [0.5, 0.6) is 0 Å². The van der Waals surface area contributed by atoms with Crippen molar-refractivity contribution in [2.24, 2.45) is 0 Å². The van der Waals surface area contributed by atoms with Crippen LogP contribution in [0.15, 0.2) is 58.7 Å². The summed E-state index contributed by atoms with van der Waals surface area (Å²) in [5.41, 5.74) is 2.11. The van der Waals surface area contributed by atoms with Gasteiger partial charge < -0.3 is 4.98 Å². The summed E-state index contributed by atoms with van der Waals surface area (Å²) in [6.45, 7) is 1.67. The van der Waals surface area contributed by atoms with Crippen molar-refractivity contribution in [3.8, 4) is 11.3 Å². The summed E-state index contributed by atoms with van der Waals surface area (Å²) in [6, 6.07) is 13.1. The molecule has 144 valence electrons. The Balaban J connectivity index is 1.64. The zero-order valence-electron chi connectivity index (χ0n) is 15.1. The number of para-hydroxylation sites is 1. The molecule has 1 amide bonds. The maximum atomic E-state index is 12.7. The highest BCUT2D eigenvalue weighted by Crippen LogP contribution is 2.29. The fourth-order valence-electron chi connectivity index (χ4n) is 2.99. The van der Waals surface area contributed by atoms with Gasteiger partial charge in [0.25, 0.3) is 11.6 Å². The molecule has 4 aromatic rings. The van der Waals surface area contributed by atoms with Crippen LogP contribution < -0.4 is 10.9 Å². The molecule has 0 atom stereocenters. The number of rotatable bonds is 4. The van der Waals surface area contributed by atoms with Crippen molar-refractivity contribution >= 4 is 39.0 Å². The van der Waals surface area contributed by atoms with E-state index >= 15 is 0 Å². The van der Waals surface area contributed by atoms with Gasteiger partial charge >= 0.3 is 0 Å². The molecule has 0 unspecified atom stereocenters. The number of fused-ring (bicyclic) bond motifs is 1. The third-order valence-corrected chi connectivity index (χ3v) is 5.18. The van der Waals surface area contributed by atoms with E-state index in [0.717, 1.165) is 0 Å². The van der Waals surface area contributed by atoms with Crippen molar-refractivity contribution in [3.05, 3.63) is 85.5 Å². The lowest BCUT2D eigenvalue weighted by atomic mass is 10.1. The van der Waals surface area contributed by atoms with E-state index in [1.807, 2.05) is 0 Å². The molecule has 9 heteroatoms. The third kappa shape index (κ3) is 3.63. The number of carbonyl (C=O) groups is 1. The summed E-state index contributed by atoms with van der Waals surface area (Å²) in [6.07, 6.45) is 0. The SMILES string of the molecule is Cc1ccc(-c2csc(NC(=O)c3cc(=O)[nH]c4ccccc34)n2)cc1[N+](=O)[O-]. The zero-order valence-corrected chi connectivity index (χ0v) is 15.9. The van der Waals surface area contributed by atoms with Gasteiger partial charge in [-0.1, -0.05) is 30.3 Å². The second-order valence-corrected chi connectivity index (χ2v) is 7.20. The van der Waals surface area contributed by atoms with Gasteiger partial charge in [-0.2, -0.15) is 0 Å². The quantitative estimate of drug-likeness (QED) is 0.390. The van der Waals surface area contributed by atoms with E-state index in [4.69, 9.17) is 0 Å². The second kappa shape index (κ2) is 7.28. The number of nitro groups is 1. The lowest BCUT2D eigenvalue weighted by Gasteiger charge is -2.05. The Kier molecular flexibility index (Phi) is 4.65. The van der Waals surface area contributed by atoms with E-state index in [9.17, 15) is 19.7 Å². The summed E-state index contributed by atoms with van der Waals surface area (Å²) < 4.78 is 0. The smallest absolute Gasteiger partial charge is 0.272 e. The molecule has 0 saturated carbocycles. The zero-order chi connectivity index (χ0) is 20.5. The molecule has 0 aliphatic rings. The number of nitrogens with one attached hydrogen (secondary N) is 2. The first kappa shape index (κ1) is 18.5. The summed E-state index contributed by atoms with van der Waals surface area (Å²) in [7, 11) is 0. The number of hydrogen-bond acceptors (Lipinski definition) is 6. The number of nitrogens with zero attached hydrogens (tertiary/aromatic N) is 2. The number of pyridine rings is 1. The van der Waals surface area contributed by atoms with E-state index in [-0.39, 0.29) is 16.8 Å². The largest absolute Gasteiger partial charge is 0.322 e. The summed E-state index contributed by atoms with van der Waals surface area (Å²) in [5.74, 6) is -0.455. The molecule has 2 aromatic heterocycles. The van der Waals surface area contributed by atoms with Crippen LogP contribution >= 0.6 is 11.3 Å². The molecular weight excluding hydrogens is 392 g/mol. The number of aromatic amines is 1. The Bertz CT molecular complexity index is 1330. The lowest BCUT2D eigenvalue weighted by Crippen LogP contribution is -2.16. The van der Waals surface area contributed by atoms with Gasteiger partial charge in [0.1, 0.15) is 0 Å². The molecule has 8 nitrogen and oxygen atoms in total. The Labute approximate surface area is 168 Å². The molecule has 0 aliphatic carbocycles. The molecule has 0 radical (unpaired) electrons. The normalized spacial score (nSPS) is 10.8. The van der Waals surface area contributed by atoms with Gasteiger partial charge in [-0.15, -0.1) is 11.3 Å². The molecular formula is C20H14N4O4S. The van der Waals surface area contributed by atoms with Gasteiger partial charge in [0.15, 0.2) is 5.13 Å². The van der Waals surface area contributed by atoms with Crippen LogP contribution in [0.4, 0.5) is 10.8 Å². The molecule has 2 N–H and O–H groups in total. The molecule has 0 fully saturated rings. The summed E-state index contributed by atoms with van der Waals surface area (Å²) >= 11 is 1.20. The number of thiazole rings is 1. The van der Waals surface area contributed by atoms with Crippen LogP contribution in [-0.2, 0) is 0 Å². The van der Waals surface area contributed by atoms with Crippen LogP contribution in [0.1, 0.15) is 15.9 Å². The van der Waals surface area contributed by atoms with Crippen molar-refractivity contribution < 1.29 is 9.72 Å².